The highest BCUT2D eigenvalue weighted by Crippen LogP contribution is 2.38. The minimum atomic E-state index is -0.392. The summed E-state index contributed by atoms with van der Waals surface area (Å²) in [5, 5.41) is 8.14. The number of benzene rings is 1. The van der Waals surface area contributed by atoms with Crippen LogP contribution in [-0.4, -0.2) is 16.8 Å². The van der Waals surface area contributed by atoms with Crippen LogP contribution >= 0.6 is 22.7 Å². The molecule has 0 saturated heterocycles. The Morgan fingerprint density at radius 3 is 2.78 bits per heavy atom. The van der Waals surface area contributed by atoms with E-state index in [1.54, 1.807) is 11.3 Å². The molecule has 138 valence electrons. The van der Waals surface area contributed by atoms with E-state index in [2.05, 4.69) is 15.6 Å². The second kappa shape index (κ2) is 7.58. The SMILES string of the molecule is O=C(Nc1nc2c(s1)CCC2C(=O)NCc1cccs1)c1ccc(F)cc1. The lowest BCUT2D eigenvalue weighted by atomic mass is 10.1. The zero-order valence-corrected chi connectivity index (χ0v) is 15.8. The average molecular weight is 401 g/mol. The van der Waals surface area contributed by atoms with Crippen LogP contribution in [0.2, 0.25) is 0 Å². The number of aromatic nitrogens is 1. The smallest absolute Gasteiger partial charge is 0.257 e. The number of thiophene rings is 1. The number of carbonyl (C=O) groups is 2. The van der Waals surface area contributed by atoms with E-state index in [0.717, 1.165) is 28.3 Å². The standard InChI is InChI=1S/C19H16FN3O2S2/c20-12-5-3-11(4-6-12)17(24)23-19-22-16-14(7-8-15(16)27-19)18(25)21-10-13-2-1-9-26-13/h1-6,9,14H,7-8,10H2,(H,21,25)(H,22,23,24). The highest BCUT2D eigenvalue weighted by molar-refractivity contribution is 7.16. The van der Waals surface area contributed by atoms with Crippen molar-refractivity contribution in [1.82, 2.24) is 10.3 Å². The summed E-state index contributed by atoms with van der Waals surface area (Å²) < 4.78 is 13.0. The van der Waals surface area contributed by atoms with Gasteiger partial charge in [0, 0.05) is 15.3 Å². The molecule has 2 heterocycles. The lowest BCUT2D eigenvalue weighted by Gasteiger charge is -2.10. The molecule has 2 aromatic heterocycles. The first-order chi connectivity index (χ1) is 13.1. The monoisotopic (exact) mass is 401 g/mol. The first kappa shape index (κ1) is 17.8. The van der Waals surface area contributed by atoms with Gasteiger partial charge in [-0.15, -0.1) is 22.7 Å². The first-order valence-corrected chi connectivity index (χ1v) is 10.2. The minimum absolute atomic E-state index is 0.0381. The fraction of sp³-hybridized carbons (Fsp3) is 0.211. The molecule has 0 spiro atoms. The minimum Gasteiger partial charge on any atom is -0.351 e. The van der Waals surface area contributed by atoms with Crippen LogP contribution in [0.4, 0.5) is 9.52 Å². The van der Waals surface area contributed by atoms with Crippen molar-refractivity contribution < 1.29 is 14.0 Å². The third kappa shape index (κ3) is 3.91. The van der Waals surface area contributed by atoms with E-state index < -0.39 is 5.82 Å². The molecule has 2 N–H and O–H groups in total. The molecule has 0 radical (unpaired) electrons. The van der Waals surface area contributed by atoms with E-state index in [1.807, 2.05) is 17.5 Å². The van der Waals surface area contributed by atoms with E-state index in [1.165, 1.54) is 35.6 Å². The lowest BCUT2D eigenvalue weighted by molar-refractivity contribution is -0.122. The second-order valence-electron chi connectivity index (χ2n) is 6.18. The van der Waals surface area contributed by atoms with Crippen LogP contribution in [0.15, 0.2) is 41.8 Å². The van der Waals surface area contributed by atoms with Gasteiger partial charge in [0.2, 0.25) is 5.91 Å². The maximum atomic E-state index is 13.0. The predicted octanol–water partition coefficient (Wildman–Crippen LogP) is 3.94. The van der Waals surface area contributed by atoms with Gasteiger partial charge < -0.3 is 5.32 Å². The highest BCUT2D eigenvalue weighted by Gasteiger charge is 2.32. The maximum absolute atomic E-state index is 13.0. The van der Waals surface area contributed by atoms with Gasteiger partial charge >= 0.3 is 0 Å². The van der Waals surface area contributed by atoms with Crippen molar-refractivity contribution >= 4 is 39.6 Å². The van der Waals surface area contributed by atoms with E-state index in [9.17, 15) is 14.0 Å². The topological polar surface area (TPSA) is 71.1 Å². The zero-order chi connectivity index (χ0) is 18.8. The number of aryl methyl sites for hydroxylation is 1. The number of nitrogens with one attached hydrogen (secondary N) is 2. The Morgan fingerprint density at radius 1 is 1.22 bits per heavy atom. The number of carbonyl (C=O) groups excluding carboxylic acids is 2. The Labute approximate surface area is 163 Å². The van der Waals surface area contributed by atoms with Crippen molar-refractivity contribution in [2.75, 3.05) is 5.32 Å². The van der Waals surface area contributed by atoms with Gasteiger partial charge in [0.05, 0.1) is 18.2 Å². The molecule has 3 aromatic rings. The number of hydrogen-bond acceptors (Lipinski definition) is 5. The largest absolute Gasteiger partial charge is 0.351 e. The second-order valence-corrected chi connectivity index (χ2v) is 8.29. The molecule has 4 rings (SSSR count). The highest BCUT2D eigenvalue weighted by atomic mass is 32.1. The molecular weight excluding hydrogens is 385 g/mol. The average Bonchev–Trinajstić information content (AvgIpc) is 3.37. The van der Waals surface area contributed by atoms with Crippen LogP contribution < -0.4 is 10.6 Å². The Bertz CT molecular complexity index is 968. The Morgan fingerprint density at radius 2 is 2.04 bits per heavy atom. The maximum Gasteiger partial charge on any atom is 0.257 e. The molecule has 0 saturated carbocycles. The number of nitrogens with zero attached hydrogens (tertiary/aromatic N) is 1. The van der Waals surface area contributed by atoms with Crippen LogP contribution in [0.5, 0.6) is 0 Å². The fourth-order valence-electron chi connectivity index (χ4n) is 3.02. The fourth-order valence-corrected chi connectivity index (χ4v) is 4.69. The Balaban J connectivity index is 1.42. The number of anilines is 1. The molecule has 0 bridgehead atoms. The summed E-state index contributed by atoms with van der Waals surface area (Å²) in [5.41, 5.74) is 1.11. The van der Waals surface area contributed by atoms with Crippen LogP contribution in [0, 0.1) is 5.82 Å². The van der Waals surface area contributed by atoms with Crippen molar-refractivity contribution in [3.8, 4) is 0 Å². The van der Waals surface area contributed by atoms with Crippen LogP contribution in [0.3, 0.4) is 0 Å². The molecule has 8 heteroatoms. The number of thiazole rings is 1. The number of rotatable bonds is 5. The van der Waals surface area contributed by atoms with E-state index in [4.69, 9.17) is 0 Å². The third-order valence-electron chi connectivity index (χ3n) is 4.38. The molecule has 27 heavy (non-hydrogen) atoms. The molecule has 0 aliphatic heterocycles. The molecule has 1 aliphatic carbocycles. The predicted molar refractivity (Wildman–Crippen MR) is 104 cm³/mol. The lowest BCUT2D eigenvalue weighted by Crippen LogP contribution is -2.27. The van der Waals surface area contributed by atoms with Gasteiger partial charge in [0.25, 0.3) is 5.91 Å². The Hall–Kier alpha value is -2.58. The number of hydrogen-bond donors (Lipinski definition) is 2. The number of fused-ring (bicyclic) bond motifs is 1. The molecule has 0 fully saturated rings. The summed E-state index contributed by atoms with van der Waals surface area (Å²) in [5.74, 6) is -1.06. The van der Waals surface area contributed by atoms with Gasteiger partial charge in [0.15, 0.2) is 5.13 Å². The molecule has 1 aromatic carbocycles. The van der Waals surface area contributed by atoms with Gasteiger partial charge in [-0.1, -0.05) is 6.07 Å². The molecule has 1 unspecified atom stereocenters. The number of amides is 2. The molecule has 1 aliphatic rings. The summed E-state index contributed by atoms with van der Waals surface area (Å²) in [4.78, 5) is 31.4. The summed E-state index contributed by atoms with van der Waals surface area (Å²) in [6, 6.07) is 9.27. The normalized spacial score (nSPS) is 15.4. The summed E-state index contributed by atoms with van der Waals surface area (Å²) in [6.45, 7) is 0.515. The van der Waals surface area contributed by atoms with Gasteiger partial charge in [-0.25, -0.2) is 9.37 Å². The van der Waals surface area contributed by atoms with Crippen molar-refractivity contribution in [3.05, 3.63) is 68.6 Å². The first-order valence-electron chi connectivity index (χ1n) is 8.47. The van der Waals surface area contributed by atoms with Crippen molar-refractivity contribution in [3.63, 3.8) is 0 Å². The van der Waals surface area contributed by atoms with Crippen LogP contribution in [-0.2, 0) is 17.8 Å². The van der Waals surface area contributed by atoms with Gasteiger partial charge in [-0.2, -0.15) is 0 Å². The summed E-state index contributed by atoms with van der Waals surface area (Å²) in [7, 11) is 0. The molecule has 2 amide bonds. The van der Waals surface area contributed by atoms with Gasteiger partial charge in [0.1, 0.15) is 5.82 Å². The zero-order valence-electron chi connectivity index (χ0n) is 14.2. The summed E-state index contributed by atoms with van der Waals surface area (Å²) >= 11 is 2.99. The number of halogens is 1. The van der Waals surface area contributed by atoms with Crippen molar-refractivity contribution in [2.45, 2.75) is 25.3 Å². The van der Waals surface area contributed by atoms with Crippen molar-refractivity contribution in [2.24, 2.45) is 0 Å². The van der Waals surface area contributed by atoms with E-state index >= 15 is 0 Å². The summed E-state index contributed by atoms with van der Waals surface area (Å²) in [6.07, 6.45) is 1.51. The quantitative estimate of drug-likeness (QED) is 0.680. The third-order valence-corrected chi connectivity index (χ3v) is 6.30. The Kier molecular flexibility index (Phi) is 5.00. The van der Waals surface area contributed by atoms with E-state index in [-0.39, 0.29) is 17.7 Å². The van der Waals surface area contributed by atoms with Crippen molar-refractivity contribution in [1.29, 1.82) is 0 Å². The van der Waals surface area contributed by atoms with E-state index in [0.29, 0.717) is 17.2 Å². The molecular formula is C19H16FN3O2S2. The van der Waals surface area contributed by atoms with Crippen LogP contribution in [0.25, 0.3) is 0 Å². The molecule has 1 atom stereocenters. The van der Waals surface area contributed by atoms with Gasteiger partial charge in [-0.3, -0.25) is 14.9 Å². The van der Waals surface area contributed by atoms with Crippen LogP contribution in [0.1, 0.15) is 38.1 Å². The molecule has 5 nitrogen and oxygen atoms in total. The van der Waals surface area contributed by atoms with Gasteiger partial charge in [-0.05, 0) is 48.6 Å².